The number of aromatic nitrogens is 5. The van der Waals surface area contributed by atoms with E-state index in [1.54, 1.807) is 0 Å². The van der Waals surface area contributed by atoms with Crippen LogP contribution in [0.2, 0.25) is 0 Å². The third-order valence-corrected chi connectivity index (χ3v) is 12.7. The molecule has 0 atom stereocenters. The first-order chi connectivity index (χ1) is 30.3. The smallest absolute Gasteiger partial charge is 0.238 e. The molecule has 0 N–H and O–H groups in total. The number of hydrogen-bond donors (Lipinski definition) is 0. The maximum Gasteiger partial charge on any atom is 0.238 e. The van der Waals surface area contributed by atoms with Crippen molar-refractivity contribution in [3.8, 4) is 56.7 Å². The lowest BCUT2D eigenvalue weighted by Gasteiger charge is -2.13. The van der Waals surface area contributed by atoms with Crippen LogP contribution in [0.5, 0.6) is 0 Å². The van der Waals surface area contributed by atoms with Crippen molar-refractivity contribution in [3.63, 3.8) is 0 Å². The minimum Gasteiger partial charge on any atom is -0.456 e. The van der Waals surface area contributed by atoms with Crippen molar-refractivity contribution in [1.82, 2.24) is 24.1 Å². The summed E-state index contributed by atoms with van der Waals surface area (Å²) in [5, 5.41) is 9.13. The lowest BCUT2D eigenvalue weighted by Crippen LogP contribution is -2.06. The van der Waals surface area contributed by atoms with Gasteiger partial charge in [-0.2, -0.15) is 9.97 Å². The third-order valence-electron chi connectivity index (χ3n) is 12.7. The van der Waals surface area contributed by atoms with Crippen molar-refractivity contribution in [1.29, 1.82) is 0 Å². The maximum absolute atomic E-state index is 6.40. The average molecular weight is 778 g/mol. The first-order valence-electron chi connectivity index (χ1n) is 20.6. The van der Waals surface area contributed by atoms with E-state index in [4.69, 9.17) is 19.4 Å². The van der Waals surface area contributed by atoms with Crippen molar-refractivity contribution in [2.75, 3.05) is 0 Å². The molecule has 6 nitrogen and oxygen atoms in total. The van der Waals surface area contributed by atoms with E-state index >= 15 is 0 Å². The first kappa shape index (κ1) is 32.6. The van der Waals surface area contributed by atoms with Crippen LogP contribution in [0.25, 0.3) is 133 Å². The zero-order valence-electron chi connectivity index (χ0n) is 32.5. The van der Waals surface area contributed by atoms with Gasteiger partial charge in [-0.3, -0.25) is 4.57 Å². The van der Waals surface area contributed by atoms with E-state index in [0.717, 1.165) is 82.4 Å². The molecule has 6 heteroatoms. The molecule has 1 aliphatic rings. The van der Waals surface area contributed by atoms with Crippen molar-refractivity contribution in [3.05, 3.63) is 188 Å². The van der Waals surface area contributed by atoms with Crippen LogP contribution in [-0.2, 0) is 0 Å². The maximum atomic E-state index is 6.40. The Morgan fingerprint density at radius 2 is 0.869 bits per heavy atom. The van der Waals surface area contributed by atoms with Crippen LogP contribution in [0.1, 0.15) is 0 Å². The first-order valence-corrected chi connectivity index (χ1v) is 20.6. The molecule has 0 saturated heterocycles. The van der Waals surface area contributed by atoms with Gasteiger partial charge < -0.3 is 8.98 Å². The fraction of sp³-hybridized carbons (Fsp3) is 0. The summed E-state index contributed by atoms with van der Waals surface area (Å²) in [6, 6.07) is 66.6. The SMILES string of the molecule is c1ccc2c(c1)-c1cccc3c(-c4nc(-c5ccc6c7ccccc7n(-c7cccc8oc9ccccc9c78)c6c5)nc(-n5c6ccccc6c6ccccc65)n4)ccc-2c13. The number of benzene rings is 9. The van der Waals surface area contributed by atoms with Crippen molar-refractivity contribution in [2.45, 2.75) is 0 Å². The van der Waals surface area contributed by atoms with Crippen LogP contribution in [0.4, 0.5) is 0 Å². The number of hydrogen-bond acceptors (Lipinski definition) is 4. The molecule has 1 aliphatic carbocycles. The molecule has 0 radical (unpaired) electrons. The van der Waals surface area contributed by atoms with Crippen molar-refractivity contribution >= 4 is 76.3 Å². The van der Waals surface area contributed by atoms with Crippen LogP contribution in [-0.4, -0.2) is 24.1 Å². The Kier molecular flexibility index (Phi) is 6.46. The zero-order valence-corrected chi connectivity index (χ0v) is 32.5. The van der Waals surface area contributed by atoms with Crippen LogP contribution in [0.3, 0.4) is 0 Å². The topological polar surface area (TPSA) is 61.7 Å². The highest BCUT2D eigenvalue weighted by atomic mass is 16.3. The lowest BCUT2D eigenvalue weighted by atomic mass is 9.98. The Balaban J connectivity index is 1.06. The molecule has 9 aromatic carbocycles. The van der Waals surface area contributed by atoms with Gasteiger partial charge in [0, 0.05) is 38.1 Å². The van der Waals surface area contributed by atoms with Gasteiger partial charge in [-0.15, -0.1) is 0 Å². The van der Waals surface area contributed by atoms with Gasteiger partial charge in [0.25, 0.3) is 0 Å². The van der Waals surface area contributed by atoms with Gasteiger partial charge in [0.1, 0.15) is 11.2 Å². The number of nitrogens with zero attached hydrogens (tertiary/aromatic N) is 5. The second-order valence-corrected chi connectivity index (χ2v) is 15.9. The second kappa shape index (κ2) is 12.1. The molecule has 4 aromatic heterocycles. The predicted molar refractivity (Wildman–Crippen MR) is 249 cm³/mol. The number of para-hydroxylation sites is 4. The van der Waals surface area contributed by atoms with E-state index in [-0.39, 0.29) is 0 Å². The third kappa shape index (κ3) is 4.48. The van der Waals surface area contributed by atoms with Gasteiger partial charge in [-0.05, 0) is 81.6 Å². The molecule has 0 aliphatic heterocycles. The molecule has 0 fully saturated rings. The Morgan fingerprint density at radius 1 is 0.328 bits per heavy atom. The van der Waals surface area contributed by atoms with Gasteiger partial charge >= 0.3 is 0 Å². The van der Waals surface area contributed by atoms with Gasteiger partial charge in [-0.25, -0.2) is 4.98 Å². The summed E-state index contributed by atoms with van der Waals surface area (Å²) in [5.41, 5.74) is 13.9. The van der Waals surface area contributed by atoms with Crippen LogP contribution >= 0.6 is 0 Å². The van der Waals surface area contributed by atoms with E-state index in [2.05, 4.69) is 185 Å². The highest BCUT2D eigenvalue weighted by Gasteiger charge is 2.25. The molecule has 0 bridgehead atoms. The average Bonchev–Trinajstić information content (AvgIpc) is 4.06. The summed E-state index contributed by atoms with van der Waals surface area (Å²) in [6.45, 7) is 0. The van der Waals surface area contributed by atoms with Crippen LogP contribution in [0.15, 0.2) is 192 Å². The second-order valence-electron chi connectivity index (χ2n) is 15.9. The molecular formula is C55H31N5O. The molecular weight excluding hydrogens is 747 g/mol. The van der Waals surface area contributed by atoms with E-state index in [0.29, 0.717) is 17.6 Å². The fourth-order valence-electron chi connectivity index (χ4n) is 10.2. The molecule has 0 spiro atoms. The standard InChI is InChI=1S/C55H31N5O/c1-2-14-34-33(13-1)39-19-11-20-40-42(30-29-41(34)51(39)40)54-56-53(57-55(58-54)60-45-22-8-4-15-35(45)36-16-5-9-23-46(36)60)32-27-28-38-37-17-3-7-21-44(37)59(48(38)31-32)47-24-12-26-50-52(47)43-18-6-10-25-49(43)61-50/h1-31H. The Morgan fingerprint density at radius 3 is 1.62 bits per heavy atom. The largest absolute Gasteiger partial charge is 0.456 e. The zero-order chi connectivity index (χ0) is 39.8. The number of fused-ring (bicyclic) bond motifs is 12. The quantitative estimate of drug-likeness (QED) is 0.179. The molecule has 14 rings (SSSR count). The number of furan rings is 1. The van der Waals surface area contributed by atoms with Gasteiger partial charge in [0.15, 0.2) is 11.6 Å². The van der Waals surface area contributed by atoms with E-state index < -0.39 is 0 Å². The van der Waals surface area contributed by atoms with E-state index in [1.807, 2.05) is 12.1 Å². The monoisotopic (exact) mass is 777 g/mol. The molecule has 0 unspecified atom stereocenters. The van der Waals surface area contributed by atoms with Gasteiger partial charge in [0.2, 0.25) is 5.95 Å². The van der Waals surface area contributed by atoms with Gasteiger partial charge in [-0.1, -0.05) is 140 Å². The minimum atomic E-state index is 0.569. The summed E-state index contributed by atoms with van der Waals surface area (Å²) >= 11 is 0. The Hall–Kier alpha value is -8.35. The molecule has 61 heavy (non-hydrogen) atoms. The summed E-state index contributed by atoms with van der Waals surface area (Å²) in [5.74, 6) is 1.79. The summed E-state index contributed by atoms with van der Waals surface area (Å²) in [6.07, 6.45) is 0. The lowest BCUT2D eigenvalue weighted by molar-refractivity contribution is 0.669. The highest BCUT2D eigenvalue weighted by Crippen LogP contribution is 2.49. The Labute approximate surface area is 348 Å². The highest BCUT2D eigenvalue weighted by molar-refractivity contribution is 6.19. The minimum absolute atomic E-state index is 0.569. The predicted octanol–water partition coefficient (Wildman–Crippen LogP) is 14.1. The van der Waals surface area contributed by atoms with Crippen LogP contribution in [0, 0.1) is 0 Å². The van der Waals surface area contributed by atoms with Crippen LogP contribution < -0.4 is 0 Å². The molecule has 4 heterocycles. The molecule has 0 amide bonds. The fourth-order valence-corrected chi connectivity index (χ4v) is 10.2. The summed E-state index contributed by atoms with van der Waals surface area (Å²) in [4.78, 5) is 16.2. The number of rotatable bonds is 4. The van der Waals surface area contributed by atoms with Crippen molar-refractivity contribution in [2.24, 2.45) is 0 Å². The molecule has 282 valence electrons. The van der Waals surface area contributed by atoms with E-state index in [9.17, 15) is 0 Å². The Bertz CT molecular complexity index is 3940. The molecule has 13 aromatic rings. The summed E-state index contributed by atoms with van der Waals surface area (Å²) in [7, 11) is 0. The molecule has 0 saturated carbocycles. The summed E-state index contributed by atoms with van der Waals surface area (Å²) < 4.78 is 11.0. The van der Waals surface area contributed by atoms with Crippen molar-refractivity contribution < 1.29 is 4.42 Å². The normalized spacial score (nSPS) is 12.3. The van der Waals surface area contributed by atoms with E-state index in [1.165, 1.54) is 33.0 Å². The van der Waals surface area contributed by atoms with Gasteiger partial charge in [0.05, 0.1) is 33.1 Å².